The van der Waals surface area contributed by atoms with Crippen LogP contribution in [0.1, 0.15) is 44.1 Å². The molecule has 1 aromatic heterocycles. The predicted octanol–water partition coefficient (Wildman–Crippen LogP) is 3.28. The lowest BCUT2D eigenvalue weighted by molar-refractivity contribution is 0.459. The van der Waals surface area contributed by atoms with E-state index in [4.69, 9.17) is 0 Å². The third kappa shape index (κ3) is 3.45. The topological polar surface area (TPSA) is 53.6 Å². The molecule has 0 saturated heterocycles. The van der Waals surface area contributed by atoms with E-state index in [1.165, 1.54) is 44.1 Å². The summed E-state index contributed by atoms with van der Waals surface area (Å²) in [5.74, 6) is 0.758. The van der Waals surface area contributed by atoms with Gasteiger partial charge in [0.05, 0.1) is 0 Å². The van der Waals surface area contributed by atoms with Gasteiger partial charge in [-0.15, -0.1) is 0 Å². The Kier molecular flexibility index (Phi) is 4.43. The first kappa shape index (κ1) is 13.3. The molecule has 4 nitrogen and oxygen atoms in total. The van der Waals surface area contributed by atoms with Crippen LogP contribution in [0.4, 0.5) is 0 Å². The fourth-order valence-electron chi connectivity index (χ4n) is 2.87. The van der Waals surface area contributed by atoms with Crippen molar-refractivity contribution in [2.24, 2.45) is 0 Å². The number of hydrogen-bond donors (Lipinski definition) is 2. The zero-order valence-electron chi connectivity index (χ0n) is 11.8. The standard InChI is InChI=1S/C16H22N4/c1-2-4-6-15(5-3-1)17-11-13-7-9-14(10-8-13)16-18-12-19-20-16/h7-10,12,15,17H,1-6,11H2,(H,18,19,20). The molecule has 0 spiro atoms. The largest absolute Gasteiger partial charge is 0.310 e. The van der Waals surface area contributed by atoms with Gasteiger partial charge in [-0.1, -0.05) is 49.9 Å². The molecular formula is C16H22N4. The minimum absolute atomic E-state index is 0.699. The summed E-state index contributed by atoms with van der Waals surface area (Å²) in [7, 11) is 0. The molecule has 0 atom stereocenters. The van der Waals surface area contributed by atoms with Gasteiger partial charge in [-0.2, -0.15) is 5.10 Å². The van der Waals surface area contributed by atoms with Crippen LogP contribution in [0.15, 0.2) is 30.6 Å². The minimum atomic E-state index is 0.699. The second-order valence-corrected chi connectivity index (χ2v) is 5.59. The first-order valence-corrected chi connectivity index (χ1v) is 7.60. The van der Waals surface area contributed by atoms with Crippen molar-refractivity contribution >= 4 is 0 Å². The molecule has 20 heavy (non-hydrogen) atoms. The Hall–Kier alpha value is -1.68. The Labute approximate surface area is 120 Å². The van der Waals surface area contributed by atoms with Gasteiger partial charge < -0.3 is 5.32 Å². The molecule has 1 aliphatic carbocycles. The van der Waals surface area contributed by atoms with Gasteiger partial charge in [-0.3, -0.25) is 5.10 Å². The maximum atomic E-state index is 4.16. The van der Waals surface area contributed by atoms with Crippen LogP contribution >= 0.6 is 0 Å². The summed E-state index contributed by atoms with van der Waals surface area (Å²) in [6, 6.07) is 9.20. The van der Waals surface area contributed by atoms with Crippen LogP contribution in [0.3, 0.4) is 0 Å². The summed E-state index contributed by atoms with van der Waals surface area (Å²) < 4.78 is 0. The Balaban J connectivity index is 1.55. The lowest BCUT2D eigenvalue weighted by atomic mass is 10.1. The number of aromatic amines is 1. The van der Waals surface area contributed by atoms with Gasteiger partial charge in [0.1, 0.15) is 6.33 Å². The molecule has 1 saturated carbocycles. The van der Waals surface area contributed by atoms with Crippen molar-refractivity contribution in [1.29, 1.82) is 0 Å². The molecule has 1 fully saturated rings. The molecule has 2 aromatic rings. The van der Waals surface area contributed by atoms with Crippen LogP contribution in [0.25, 0.3) is 11.4 Å². The molecular weight excluding hydrogens is 248 g/mol. The number of aromatic nitrogens is 3. The Morgan fingerprint density at radius 3 is 2.45 bits per heavy atom. The van der Waals surface area contributed by atoms with E-state index in [0.29, 0.717) is 6.04 Å². The lowest BCUT2D eigenvalue weighted by Crippen LogP contribution is -2.27. The van der Waals surface area contributed by atoms with Crippen LogP contribution in [0.2, 0.25) is 0 Å². The smallest absolute Gasteiger partial charge is 0.180 e. The normalized spacial score (nSPS) is 17.0. The molecule has 0 radical (unpaired) electrons. The van der Waals surface area contributed by atoms with Crippen molar-refractivity contribution in [1.82, 2.24) is 20.5 Å². The van der Waals surface area contributed by atoms with Crippen molar-refractivity contribution in [2.45, 2.75) is 51.1 Å². The van der Waals surface area contributed by atoms with Gasteiger partial charge in [-0.05, 0) is 18.4 Å². The molecule has 3 rings (SSSR count). The fraction of sp³-hybridized carbons (Fsp3) is 0.500. The highest BCUT2D eigenvalue weighted by Crippen LogP contribution is 2.18. The van der Waals surface area contributed by atoms with E-state index in [-0.39, 0.29) is 0 Å². The van der Waals surface area contributed by atoms with Gasteiger partial charge in [-0.25, -0.2) is 4.98 Å². The van der Waals surface area contributed by atoms with Crippen LogP contribution < -0.4 is 5.32 Å². The number of H-pyrrole nitrogens is 1. The first-order valence-electron chi connectivity index (χ1n) is 7.60. The monoisotopic (exact) mass is 270 g/mol. The number of benzene rings is 1. The zero-order valence-corrected chi connectivity index (χ0v) is 11.8. The molecule has 1 heterocycles. The summed E-state index contributed by atoms with van der Waals surface area (Å²) in [4.78, 5) is 4.16. The van der Waals surface area contributed by atoms with Gasteiger partial charge in [0.25, 0.3) is 0 Å². The Bertz CT molecular complexity index is 496. The lowest BCUT2D eigenvalue weighted by Gasteiger charge is -2.16. The maximum Gasteiger partial charge on any atom is 0.180 e. The van der Waals surface area contributed by atoms with E-state index in [1.807, 2.05) is 0 Å². The van der Waals surface area contributed by atoms with Gasteiger partial charge in [0.15, 0.2) is 5.82 Å². The van der Waals surface area contributed by atoms with E-state index in [1.54, 1.807) is 6.33 Å². The van der Waals surface area contributed by atoms with Crippen LogP contribution in [0, 0.1) is 0 Å². The molecule has 1 aromatic carbocycles. The quantitative estimate of drug-likeness (QED) is 0.838. The van der Waals surface area contributed by atoms with E-state index in [9.17, 15) is 0 Å². The third-order valence-electron chi connectivity index (χ3n) is 4.08. The predicted molar refractivity (Wildman–Crippen MR) is 80.1 cm³/mol. The third-order valence-corrected chi connectivity index (χ3v) is 4.08. The number of nitrogens with zero attached hydrogens (tertiary/aromatic N) is 2. The summed E-state index contributed by atoms with van der Waals surface area (Å²) in [5, 5.41) is 10.5. The van der Waals surface area contributed by atoms with E-state index < -0.39 is 0 Å². The van der Waals surface area contributed by atoms with Crippen LogP contribution in [-0.2, 0) is 6.54 Å². The minimum Gasteiger partial charge on any atom is -0.310 e. The number of nitrogens with one attached hydrogen (secondary N) is 2. The van der Waals surface area contributed by atoms with Crippen molar-refractivity contribution in [3.63, 3.8) is 0 Å². The van der Waals surface area contributed by atoms with E-state index >= 15 is 0 Å². The maximum absolute atomic E-state index is 4.16. The Morgan fingerprint density at radius 1 is 1.05 bits per heavy atom. The van der Waals surface area contributed by atoms with Crippen molar-refractivity contribution in [2.75, 3.05) is 0 Å². The van der Waals surface area contributed by atoms with Gasteiger partial charge in [0.2, 0.25) is 0 Å². The highest BCUT2D eigenvalue weighted by molar-refractivity contribution is 5.54. The van der Waals surface area contributed by atoms with Gasteiger partial charge >= 0.3 is 0 Å². The number of rotatable bonds is 4. The first-order chi connectivity index (χ1) is 9.92. The molecule has 0 unspecified atom stereocenters. The molecule has 0 aliphatic heterocycles. The summed E-state index contributed by atoms with van der Waals surface area (Å²) in [6.07, 6.45) is 9.83. The second-order valence-electron chi connectivity index (χ2n) is 5.59. The van der Waals surface area contributed by atoms with Crippen LogP contribution in [0.5, 0.6) is 0 Å². The zero-order chi connectivity index (χ0) is 13.6. The Morgan fingerprint density at radius 2 is 1.80 bits per heavy atom. The van der Waals surface area contributed by atoms with Crippen molar-refractivity contribution in [3.05, 3.63) is 36.2 Å². The number of hydrogen-bond acceptors (Lipinski definition) is 3. The highest BCUT2D eigenvalue weighted by atomic mass is 15.2. The molecule has 4 heteroatoms. The average molecular weight is 270 g/mol. The molecule has 106 valence electrons. The summed E-state index contributed by atoms with van der Waals surface area (Å²) >= 11 is 0. The van der Waals surface area contributed by atoms with Gasteiger partial charge in [0, 0.05) is 18.2 Å². The second kappa shape index (κ2) is 6.66. The summed E-state index contributed by atoms with van der Waals surface area (Å²) in [5.41, 5.74) is 2.39. The molecule has 0 amide bonds. The highest BCUT2D eigenvalue weighted by Gasteiger charge is 2.11. The van der Waals surface area contributed by atoms with Crippen molar-refractivity contribution in [3.8, 4) is 11.4 Å². The average Bonchev–Trinajstić information content (AvgIpc) is 2.90. The summed E-state index contributed by atoms with van der Waals surface area (Å²) in [6.45, 7) is 0.957. The SMILES string of the molecule is c1nc(-c2ccc(CNC3CCCCCC3)cc2)n[nH]1. The molecule has 1 aliphatic rings. The molecule has 2 N–H and O–H groups in total. The van der Waals surface area contributed by atoms with Crippen LogP contribution in [-0.4, -0.2) is 21.2 Å². The molecule has 0 bridgehead atoms. The van der Waals surface area contributed by atoms with E-state index in [0.717, 1.165) is 17.9 Å². The van der Waals surface area contributed by atoms with E-state index in [2.05, 4.69) is 44.8 Å². The van der Waals surface area contributed by atoms with Crippen molar-refractivity contribution < 1.29 is 0 Å². The fourth-order valence-corrected chi connectivity index (χ4v) is 2.87.